The molecule has 6 nitrogen and oxygen atoms in total. The molecule has 0 radical (unpaired) electrons. The maximum absolute atomic E-state index is 9.91. The second kappa shape index (κ2) is 3.97. The zero-order chi connectivity index (χ0) is 11.9. The standard InChI is InChI=1S/C9H18O6/c1-8(12)5(4-10)15-7(14-3)9(2,13)6(8)11/h5-7,10-13H,4H2,1-3H3/t5-,6+,7+,8+,9-/m1/s1. The minimum absolute atomic E-state index is 0.472. The minimum Gasteiger partial charge on any atom is -0.394 e. The van der Waals surface area contributed by atoms with Crippen molar-refractivity contribution in [3.05, 3.63) is 0 Å². The van der Waals surface area contributed by atoms with E-state index in [1.807, 2.05) is 0 Å². The highest BCUT2D eigenvalue weighted by atomic mass is 16.7. The summed E-state index contributed by atoms with van der Waals surface area (Å²) >= 11 is 0. The Balaban J connectivity index is 2.99. The lowest BCUT2D eigenvalue weighted by molar-refractivity contribution is -0.355. The van der Waals surface area contributed by atoms with Gasteiger partial charge in [-0.15, -0.1) is 0 Å². The van der Waals surface area contributed by atoms with Gasteiger partial charge in [-0.05, 0) is 13.8 Å². The molecule has 0 spiro atoms. The van der Waals surface area contributed by atoms with Gasteiger partial charge in [-0.1, -0.05) is 0 Å². The Hall–Kier alpha value is -0.240. The first-order valence-corrected chi connectivity index (χ1v) is 4.70. The number of hydrogen-bond acceptors (Lipinski definition) is 6. The van der Waals surface area contributed by atoms with Crippen LogP contribution in [0.4, 0.5) is 0 Å². The monoisotopic (exact) mass is 222 g/mol. The maximum Gasteiger partial charge on any atom is 0.188 e. The van der Waals surface area contributed by atoms with Crippen LogP contribution in [0.15, 0.2) is 0 Å². The molecule has 0 saturated carbocycles. The fourth-order valence-corrected chi connectivity index (χ4v) is 1.84. The lowest BCUT2D eigenvalue weighted by Crippen LogP contribution is -2.71. The van der Waals surface area contributed by atoms with E-state index in [0.29, 0.717) is 0 Å². The predicted molar refractivity (Wildman–Crippen MR) is 50.0 cm³/mol. The van der Waals surface area contributed by atoms with Crippen molar-refractivity contribution in [2.75, 3.05) is 13.7 Å². The lowest BCUT2D eigenvalue weighted by atomic mass is 9.79. The molecule has 1 fully saturated rings. The second-order valence-electron chi connectivity index (χ2n) is 4.23. The molecule has 0 bridgehead atoms. The van der Waals surface area contributed by atoms with Crippen LogP contribution in [-0.4, -0.2) is 63.8 Å². The first-order chi connectivity index (χ1) is 6.78. The number of hydrogen-bond donors (Lipinski definition) is 4. The summed E-state index contributed by atoms with van der Waals surface area (Å²) in [5.74, 6) is 0. The molecule has 1 rings (SSSR count). The van der Waals surface area contributed by atoms with Crippen LogP contribution in [0, 0.1) is 0 Å². The van der Waals surface area contributed by atoms with E-state index in [-0.39, 0.29) is 0 Å². The van der Waals surface area contributed by atoms with E-state index in [4.69, 9.17) is 14.6 Å². The fraction of sp³-hybridized carbons (Fsp3) is 1.00. The Bertz CT molecular complexity index is 205. The van der Waals surface area contributed by atoms with Gasteiger partial charge in [0.25, 0.3) is 0 Å². The summed E-state index contributed by atoms with van der Waals surface area (Å²) in [6.07, 6.45) is -3.57. The predicted octanol–water partition coefficient (Wildman–Crippen LogP) is -1.79. The number of rotatable bonds is 2. The average Bonchev–Trinajstić information content (AvgIpc) is 2.15. The zero-order valence-corrected chi connectivity index (χ0v) is 9.04. The van der Waals surface area contributed by atoms with Crippen molar-refractivity contribution < 1.29 is 29.9 Å². The van der Waals surface area contributed by atoms with Gasteiger partial charge in [-0.3, -0.25) is 0 Å². The average molecular weight is 222 g/mol. The maximum atomic E-state index is 9.91. The number of ether oxygens (including phenoxy) is 2. The first kappa shape index (κ1) is 12.8. The van der Waals surface area contributed by atoms with Crippen molar-refractivity contribution in [3.63, 3.8) is 0 Å². The Morgan fingerprint density at radius 3 is 2.20 bits per heavy atom. The summed E-state index contributed by atoms with van der Waals surface area (Å²) in [7, 11) is 1.31. The molecule has 0 aromatic carbocycles. The van der Waals surface area contributed by atoms with E-state index >= 15 is 0 Å². The summed E-state index contributed by atoms with van der Waals surface area (Å²) < 4.78 is 10.0. The van der Waals surface area contributed by atoms with Crippen LogP contribution in [0.5, 0.6) is 0 Å². The smallest absolute Gasteiger partial charge is 0.188 e. The van der Waals surface area contributed by atoms with Crippen LogP contribution >= 0.6 is 0 Å². The molecular formula is C9H18O6. The molecule has 1 heterocycles. The van der Waals surface area contributed by atoms with Crippen molar-refractivity contribution in [1.29, 1.82) is 0 Å². The van der Waals surface area contributed by atoms with Crippen molar-refractivity contribution in [3.8, 4) is 0 Å². The second-order valence-corrected chi connectivity index (χ2v) is 4.23. The number of aliphatic hydroxyl groups excluding tert-OH is 2. The summed E-state index contributed by atoms with van der Waals surface area (Å²) in [5, 5.41) is 38.6. The van der Waals surface area contributed by atoms with Gasteiger partial charge in [0, 0.05) is 7.11 Å². The first-order valence-electron chi connectivity index (χ1n) is 4.70. The molecule has 0 unspecified atom stereocenters. The van der Waals surface area contributed by atoms with E-state index in [2.05, 4.69) is 0 Å². The summed E-state index contributed by atoms with van der Waals surface area (Å²) in [5.41, 5.74) is -3.46. The van der Waals surface area contributed by atoms with Crippen molar-refractivity contribution in [2.24, 2.45) is 0 Å². The van der Waals surface area contributed by atoms with E-state index in [1.54, 1.807) is 0 Å². The zero-order valence-electron chi connectivity index (χ0n) is 9.04. The molecule has 0 aromatic heterocycles. The van der Waals surface area contributed by atoms with Crippen LogP contribution in [0.3, 0.4) is 0 Å². The highest BCUT2D eigenvalue weighted by Gasteiger charge is 2.58. The third kappa shape index (κ3) is 1.89. The van der Waals surface area contributed by atoms with Crippen molar-refractivity contribution in [2.45, 2.75) is 43.5 Å². The summed E-state index contributed by atoms with van der Waals surface area (Å²) in [6, 6.07) is 0. The van der Waals surface area contributed by atoms with Crippen LogP contribution in [0.2, 0.25) is 0 Å². The van der Waals surface area contributed by atoms with Gasteiger partial charge in [-0.25, -0.2) is 0 Å². The summed E-state index contributed by atoms with van der Waals surface area (Å²) in [6.45, 7) is 2.12. The van der Waals surface area contributed by atoms with E-state index in [9.17, 15) is 15.3 Å². The normalized spacial score (nSPS) is 51.8. The van der Waals surface area contributed by atoms with Crippen LogP contribution in [-0.2, 0) is 9.47 Å². The Kier molecular flexibility index (Phi) is 3.39. The van der Waals surface area contributed by atoms with Gasteiger partial charge in [0.15, 0.2) is 6.29 Å². The molecule has 15 heavy (non-hydrogen) atoms. The minimum atomic E-state index is -1.73. The molecule has 1 aliphatic rings. The van der Waals surface area contributed by atoms with E-state index < -0.39 is 36.3 Å². The molecule has 0 aliphatic carbocycles. The fourth-order valence-electron chi connectivity index (χ4n) is 1.84. The van der Waals surface area contributed by atoms with E-state index in [0.717, 1.165) is 0 Å². The number of aliphatic hydroxyl groups is 4. The molecule has 1 aliphatic heterocycles. The highest BCUT2D eigenvalue weighted by Crippen LogP contribution is 2.36. The summed E-state index contributed by atoms with van der Waals surface area (Å²) in [4.78, 5) is 0. The third-order valence-corrected chi connectivity index (χ3v) is 2.90. The van der Waals surface area contributed by atoms with Gasteiger partial charge < -0.3 is 29.9 Å². The van der Waals surface area contributed by atoms with Crippen LogP contribution < -0.4 is 0 Å². The molecule has 4 N–H and O–H groups in total. The topological polar surface area (TPSA) is 99.4 Å². The number of methoxy groups -OCH3 is 1. The van der Waals surface area contributed by atoms with Gasteiger partial charge in [0.2, 0.25) is 0 Å². The molecular weight excluding hydrogens is 204 g/mol. The molecule has 1 saturated heterocycles. The van der Waals surface area contributed by atoms with Gasteiger partial charge in [0.05, 0.1) is 6.61 Å². The molecule has 0 amide bonds. The third-order valence-electron chi connectivity index (χ3n) is 2.90. The van der Waals surface area contributed by atoms with Gasteiger partial charge in [-0.2, -0.15) is 0 Å². The quantitative estimate of drug-likeness (QED) is 0.440. The van der Waals surface area contributed by atoms with Crippen LogP contribution in [0.25, 0.3) is 0 Å². The van der Waals surface area contributed by atoms with Crippen molar-refractivity contribution >= 4 is 0 Å². The SMILES string of the molecule is CO[C@H]1O[C@H](CO)[C@](C)(O)[C@H](O)[C@@]1(C)O. The Morgan fingerprint density at radius 2 is 1.80 bits per heavy atom. The molecule has 6 heteroatoms. The van der Waals surface area contributed by atoms with Gasteiger partial charge in [0.1, 0.15) is 23.4 Å². The van der Waals surface area contributed by atoms with E-state index in [1.165, 1.54) is 21.0 Å². The van der Waals surface area contributed by atoms with Crippen LogP contribution in [0.1, 0.15) is 13.8 Å². The largest absolute Gasteiger partial charge is 0.394 e. The molecule has 90 valence electrons. The lowest BCUT2D eigenvalue weighted by Gasteiger charge is -2.50. The Labute approximate surface area is 88.1 Å². The molecule has 0 aromatic rings. The van der Waals surface area contributed by atoms with Crippen molar-refractivity contribution in [1.82, 2.24) is 0 Å². The highest BCUT2D eigenvalue weighted by molar-refractivity contribution is 5.05. The Morgan fingerprint density at radius 1 is 1.27 bits per heavy atom. The molecule has 5 atom stereocenters. The van der Waals surface area contributed by atoms with Gasteiger partial charge >= 0.3 is 0 Å².